The summed E-state index contributed by atoms with van der Waals surface area (Å²) in [6.07, 6.45) is -0.274. The topological polar surface area (TPSA) is 32.7 Å². The highest BCUT2D eigenvalue weighted by Gasteiger charge is 2.25. The van der Waals surface area contributed by atoms with Crippen LogP contribution < -0.4 is 0 Å². The van der Waals surface area contributed by atoms with Crippen LogP contribution in [-0.4, -0.2) is 41.8 Å². The van der Waals surface area contributed by atoms with E-state index in [-0.39, 0.29) is 6.10 Å². The minimum atomic E-state index is -0.503. The molecule has 1 aliphatic heterocycles. The highest BCUT2D eigenvalue weighted by atomic mass is 35.5. The van der Waals surface area contributed by atoms with E-state index in [0.717, 1.165) is 18.7 Å². The number of halogens is 1. The van der Waals surface area contributed by atoms with Crippen molar-refractivity contribution >= 4 is 11.6 Å². The van der Waals surface area contributed by atoms with Crippen LogP contribution in [0.3, 0.4) is 0 Å². The van der Waals surface area contributed by atoms with Crippen LogP contribution >= 0.6 is 11.6 Å². The number of hydrogen-bond donors (Lipinski definition) is 1. The largest absolute Gasteiger partial charge is 0.387 e. The molecule has 0 amide bonds. The first kappa shape index (κ1) is 13.8. The van der Waals surface area contributed by atoms with Crippen LogP contribution in [0.1, 0.15) is 25.5 Å². The molecule has 1 aliphatic rings. The van der Waals surface area contributed by atoms with Crippen molar-refractivity contribution in [3.8, 4) is 0 Å². The van der Waals surface area contributed by atoms with E-state index in [4.69, 9.17) is 16.3 Å². The second-order valence-corrected chi connectivity index (χ2v) is 5.45. The molecule has 0 saturated carbocycles. The molecule has 3 atom stereocenters. The average molecular weight is 270 g/mol. The van der Waals surface area contributed by atoms with Crippen LogP contribution in [0.15, 0.2) is 24.3 Å². The van der Waals surface area contributed by atoms with Crippen LogP contribution in [0, 0.1) is 0 Å². The monoisotopic (exact) mass is 269 g/mol. The van der Waals surface area contributed by atoms with Crippen molar-refractivity contribution in [1.82, 2.24) is 4.90 Å². The van der Waals surface area contributed by atoms with Gasteiger partial charge in [-0.3, -0.25) is 4.90 Å². The van der Waals surface area contributed by atoms with Crippen LogP contribution in [-0.2, 0) is 4.74 Å². The van der Waals surface area contributed by atoms with E-state index in [2.05, 4.69) is 18.7 Å². The fraction of sp³-hybridized carbons (Fsp3) is 0.571. The molecular weight excluding hydrogens is 250 g/mol. The smallest absolute Gasteiger partial charge is 0.0917 e. The lowest BCUT2D eigenvalue weighted by Gasteiger charge is -2.37. The minimum absolute atomic E-state index is 0.229. The molecular formula is C14H20ClNO2. The van der Waals surface area contributed by atoms with Gasteiger partial charge in [0.05, 0.1) is 18.8 Å². The molecule has 0 bridgehead atoms. The summed E-state index contributed by atoms with van der Waals surface area (Å²) in [4.78, 5) is 2.26. The van der Waals surface area contributed by atoms with E-state index in [1.165, 1.54) is 0 Å². The zero-order chi connectivity index (χ0) is 13.1. The third-order valence-corrected chi connectivity index (χ3v) is 3.61. The zero-order valence-corrected chi connectivity index (χ0v) is 11.6. The zero-order valence-electron chi connectivity index (χ0n) is 10.8. The second kappa shape index (κ2) is 6.02. The number of morpholine rings is 1. The third-order valence-electron chi connectivity index (χ3n) is 3.38. The summed E-state index contributed by atoms with van der Waals surface area (Å²) in [6.45, 7) is 6.39. The van der Waals surface area contributed by atoms with E-state index >= 15 is 0 Å². The number of aliphatic hydroxyl groups is 1. The lowest BCUT2D eigenvalue weighted by Crippen LogP contribution is -2.48. The molecule has 4 heteroatoms. The summed E-state index contributed by atoms with van der Waals surface area (Å²) >= 11 is 5.94. The van der Waals surface area contributed by atoms with Gasteiger partial charge in [-0.1, -0.05) is 23.7 Å². The number of aliphatic hydroxyl groups excluding tert-OH is 1. The number of hydrogen-bond acceptors (Lipinski definition) is 3. The molecule has 3 unspecified atom stereocenters. The van der Waals surface area contributed by atoms with Gasteiger partial charge in [-0.05, 0) is 31.5 Å². The van der Waals surface area contributed by atoms with Crippen molar-refractivity contribution in [3.63, 3.8) is 0 Å². The van der Waals surface area contributed by atoms with Crippen LogP contribution in [0.5, 0.6) is 0 Å². The van der Waals surface area contributed by atoms with Crippen molar-refractivity contribution in [2.45, 2.75) is 32.1 Å². The van der Waals surface area contributed by atoms with E-state index in [1.54, 1.807) is 0 Å². The lowest BCUT2D eigenvalue weighted by molar-refractivity contribution is -0.0619. The molecule has 1 heterocycles. The normalized spacial score (nSPS) is 27.1. The Morgan fingerprint density at radius 3 is 3.00 bits per heavy atom. The Morgan fingerprint density at radius 1 is 1.50 bits per heavy atom. The minimum Gasteiger partial charge on any atom is -0.387 e. The Morgan fingerprint density at radius 2 is 2.28 bits per heavy atom. The molecule has 0 radical (unpaired) electrons. The van der Waals surface area contributed by atoms with E-state index in [0.29, 0.717) is 17.6 Å². The molecule has 3 nitrogen and oxygen atoms in total. The van der Waals surface area contributed by atoms with E-state index in [9.17, 15) is 5.11 Å². The van der Waals surface area contributed by atoms with Gasteiger partial charge in [-0.15, -0.1) is 0 Å². The second-order valence-electron chi connectivity index (χ2n) is 5.02. The number of nitrogens with zero attached hydrogens (tertiary/aromatic N) is 1. The standard InChI is InChI=1S/C14H20ClNO2/c1-10-9-18-11(2)7-16(10)8-14(17)12-4-3-5-13(15)6-12/h3-6,10-11,14,17H,7-9H2,1-2H3. The van der Waals surface area contributed by atoms with Crippen molar-refractivity contribution in [3.05, 3.63) is 34.9 Å². The van der Waals surface area contributed by atoms with Crippen molar-refractivity contribution in [2.75, 3.05) is 19.7 Å². The fourth-order valence-electron chi connectivity index (χ4n) is 2.27. The summed E-state index contributed by atoms with van der Waals surface area (Å²) in [5.41, 5.74) is 0.869. The Labute approximate surface area is 113 Å². The molecule has 1 saturated heterocycles. The summed E-state index contributed by atoms with van der Waals surface area (Å²) in [5.74, 6) is 0. The molecule has 100 valence electrons. The first-order valence-corrected chi connectivity index (χ1v) is 6.73. The van der Waals surface area contributed by atoms with Gasteiger partial charge in [0, 0.05) is 24.2 Å². The number of ether oxygens (including phenoxy) is 1. The summed E-state index contributed by atoms with van der Waals surface area (Å²) in [7, 11) is 0. The number of benzene rings is 1. The maximum Gasteiger partial charge on any atom is 0.0917 e. The lowest BCUT2D eigenvalue weighted by atomic mass is 10.1. The van der Waals surface area contributed by atoms with Crippen molar-refractivity contribution in [2.24, 2.45) is 0 Å². The maximum atomic E-state index is 10.3. The van der Waals surface area contributed by atoms with Gasteiger partial charge >= 0.3 is 0 Å². The van der Waals surface area contributed by atoms with E-state index in [1.807, 2.05) is 24.3 Å². The van der Waals surface area contributed by atoms with Crippen molar-refractivity contribution in [1.29, 1.82) is 0 Å². The fourth-order valence-corrected chi connectivity index (χ4v) is 2.47. The molecule has 1 aromatic rings. The highest BCUT2D eigenvalue weighted by Crippen LogP contribution is 2.21. The molecule has 2 rings (SSSR count). The average Bonchev–Trinajstić information content (AvgIpc) is 2.34. The van der Waals surface area contributed by atoms with Gasteiger partial charge in [0.15, 0.2) is 0 Å². The Bertz CT molecular complexity index is 399. The van der Waals surface area contributed by atoms with Crippen molar-refractivity contribution < 1.29 is 9.84 Å². The van der Waals surface area contributed by atoms with Gasteiger partial charge in [0.2, 0.25) is 0 Å². The van der Waals surface area contributed by atoms with E-state index < -0.39 is 6.10 Å². The van der Waals surface area contributed by atoms with Crippen LogP contribution in [0.2, 0.25) is 5.02 Å². The van der Waals surface area contributed by atoms with Gasteiger partial charge in [0.1, 0.15) is 0 Å². The maximum absolute atomic E-state index is 10.3. The first-order chi connectivity index (χ1) is 8.56. The summed E-state index contributed by atoms with van der Waals surface area (Å²) in [5, 5.41) is 10.9. The van der Waals surface area contributed by atoms with Crippen LogP contribution in [0.25, 0.3) is 0 Å². The summed E-state index contributed by atoms with van der Waals surface area (Å²) < 4.78 is 5.58. The van der Waals surface area contributed by atoms with Gasteiger partial charge < -0.3 is 9.84 Å². The molecule has 1 N–H and O–H groups in total. The summed E-state index contributed by atoms with van der Waals surface area (Å²) in [6, 6.07) is 7.75. The quantitative estimate of drug-likeness (QED) is 0.915. The molecule has 1 aromatic carbocycles. The molecule has 0 aliphatic carbocycles. The molecule has 1 fully saturated rings. The first-order valence-electron chi connectivity index (χ1n) is 6.35. The van der Waals surface area contributed by atoms with Gasteiger partial charge in [-0.25, -0.2) is 0 Å². The molecule has 0 aromatic heterocycles. The molecule has 18 heavy (non-hydrogen) atoms. The van der Waals surface area contributed by atoms with Gasteiger partial charge in [-0.2, -0.15) is 0 Å². The number of rotatable bonds is 3. The Balaban J connectivity index is 2.00. The Kier molecular flexibility index (Phi) is 4.62. The highest BCUT2D eigenvalue weighted by molar-refractivity contribution is 6.30. The van der Waals surface area contributed by atoms with Gasteiger partial charge in [0.25, 0.3) is 0 Å². The van der Waals surface area contributed by atoms with Crippen LogP contribution in [0.4, 0.5) is 0 Å². The number of β-amino-alcohol motifs (C(OH)–C–C–N with tert-alkyl or cyclic N) is 1. The Hall–Kier alpha value is -0.610. The predicted octanol–water partition coefficient (Wildman–Crippen LogP) is 2.48. The molecule has 0 spiro atoms. The SMILES string of the molecule is CC1CN(CC(O)c2cccc(Cl)c2)C(C)CO1. The predicted molar refractivity (Wildman–Crippen MR) is 72.9 cm³/mol. The third kappa shape index (κ3) is 3.45.